The molecule has 0 radical (unpaired) electrons. The summed E-state index contributed by atoms with van der Waals surface area (Å²) in [6, 6.07) is 6.68. The SMILES string of the molecule is COc1ccc(NS(=O)(=O)c2cc(CN)n(C)c2)cc1C. The molecule has 0 unspecified atom stereocenters. The first-order valence-electron chi connectivity index (χ1n) is 6.40. The van der Waals surface area contributed by atoms with Crippen molar-refractivity contribution in [1.29, 1.82) is 0 Å². The Hall–Kier alpha value is -1.99. The number of ether oxygens (including phenoxy) is 1. The van der Waals surface area contributed by atoms with Gasteiger partial charge in [-0.3, -0.25) is 4.72 Å². The lowest BCUT2D eigenvalue weighted by molar-refractivity contribution is 0.412. The average Bonchev–Trinajstić information content (AvgIpc) is 2.80. The van der Waals surface area contributed by atoms with Gasteiger partial charge in [0.2, 0.25) is 0 Å². The van der Waals surface area contributed by atoms with Crippen LogP contribution in [0.15, 0.2) is 35.4 Å². The van der Waals surface area contributed by atoms with E-state index in [4.69, 9.17) is 10.5 Å². The number of rotatable bonds is 5. The minimum Gasteiger partial charge on any atom is -0.496 e. The van der Waals surface area contributed by atoms with Gasteiger partial charge in [-0.2, -0.15) is 0 Å². The molecule has 0 spiro atoms. The normalized spacial score (nSPS) is 11.4. The van der Waals surface area contributed by atoms with Crippen molar-refractivity contribution in [3.63, 3.8) is 0 Å². The molecule has 0 aliphatic rings. The van der Waals surface area contributed by atoms with E-state index < -0.39 is 10.0 Å². The van der Waals surface area contributed by atoms with Crippen LogP contribution in [0.25, 0.3) is 0 Å². The lowest BCUT2D eigenvalue weighted by atomic mass is 10.2. The zero-order valence-electron chi connectivity index (χ0n) is 12.3. The number of aryl methyl sites for hydroxylation is 2. The van der Waals surface area contributed by atoms with Gasteiger partial charge in [-0.05, 0) is 36.8 Å². The van der Waals surface area contributed by atoms with E-state index in [2.05, 4.69) is 4.72 Å². The number of anilines is 1. The first kappa shape index (κ1) is 15.4. The molecule has 2 rings (SSSR count). The van der Waals surface area contributed by atoms with Crippen LogP contribution in [-0.2, 0) is 23.6 Å². The standard InChI is InChI=1S/C14H19N3O3S/c1-10-6-11(4-5-14(10)20-3)16-21(18,19)13-7-12(8-15)17(2)9-13/h4-7,9,16H,8,15H2,1-3H3. The van der Waals surface area contributed by atoms with Crippen molar-refractivity contribution < 1.29 is 13.2 Å². The predicted molar refractivity (Wildman–Crippen MR) is 81.8 cm³/mol. The lowest BCUT2D eigenvalue weighted by Crippen LogP contribution is -2.12. The summed E-state index contributed by atoms with van der Waals surface area (Å²) in [6.45, 7) is 2.14. The van der Waals surface area contributed by atoms with Crippen LogP contribution < -0.4 is 15.2 Å². The molecule has 0 bridgehead atoms. The Kier molecular flexibility index (Phi) is 4.24. The molecule has 1 aromatic heterocycles. The Morgan fingerprint density at radius 1 is 1.33 bits per heavy atom. The largest absolute Gasteiger partial charge is 0.496 e. The van der Waals surface area contributed by atoms with Gasteiger partial charge in [0.05, 0.1) is 7.11 Å². The summed E-state index contributed by atoms with van der Waals surface area (Å²) in [6.07, 6.45) is 1.54. The number of nitrogens with one attached hydrogen (secondary N) is 1. The Labute approximate surface area is 124 Å². The predicted octanol–water partition coefficient (Wildman–Crippen LogP) is 1.60. The van der Waals surface area contributed by atoms with Crippen LogP contribution in [0.5, 0.6) is 5.75 Å². The van der Waals surface area contributed by atoms with Crippen molar-refractivity contribution in [2.75, 3.05) is 11.8 Å². The molecule has 0 atom stereocenters. The van der Waals surface area contributed by atoms with E-state index in [9.17, 15) is 8.42 Å². The number of benzene rings is 1. The summed E-state index contributed by atoms with van der Waals surface area (Å²) in [5, 5.41) is 0. The number of hydrogen-bond acceptors (Lipinski definition) is 4. The zero-order chi connectivity index (χ0) is 15.6. The summed E-state index contributed by atoms with van der Waals surface area (Å²) in [5.74, 6) is 0.711. The third-order valence-electron chi connectivity index (χ3n) is 3.25. The molecule has 1 heterocycles. The number of nitrogens with zero attached hydrogens (tertiary/aromatic N) is 1. The minimum atomic E-state index is -3.63. The molecule has 2 aromatic rings. The molecule has 114 valence electrons. The molecule has 21 heavy (non-hydrogen) atoms. The van der Waals surface area contributed by atoms with Gasteiger partial charge in [0.1, 0.15) is 10.6 Å². The lowest BCUT2D eigenvalue weighted by Gasteiger charge is -2.09. The van der Waals surface area contributed by atoms with E-state index >= 15 is 0 Å². The van der Waals surface area contributed by atoms with E-state index in [-0.39, 0.29) is 11.4 Å². The number of sulfonamides is 1. The second-order valence-electron chi connectivity index (χ2n) is 4.77. The molecule has 7 heteroatoms. The molecule has 0 saturated heterocycles. The van der Waals surface area contributed by atoms with Crippen molar-refractivity contribution in [2.24, 2.45) is 12.8 Å². The Morgan fingerprint density at radius 3 is 2.57 bits per heavy atom. The van der Waals surface area contributed by atoms with Gasteiger partial charge in [0.15, 0.2) is 0 Å². The highest BCUT2D eigenvalue weighted by Crippen LogP contribution is 2.24. The van der Waals surface area contributed by atoms with Crippen LogP contribution in [0.1, 0.15) is 11.3 Å². The van der Waals surface area contributed by atoms with Crippen molar-refractivity contribution in [2.45, 2.75) is 18.4 Å². The summed E-state index contributed by atoms with van der Waals surface area (Å²) in [7, 11) is -0.292. The quantitative estimate of drug-likeness (QED) is 0.878. The van der Waals surface area contributed by atoms with E-state index in [0.717, 1.165) is 11.3 Å². The molecule has 0 aliphatic carbocycles. The molecular formula is C14H19N3O3S. The number of aromatic nitrogens is 1. The first-order chi connectivity index (χ1) is 9.87. The highest BCUT2D eigenvalue weighted by atomic mass is 32.2. The highest BCUT2D eigenvalue weighted by Gasteiger charge is 2.17. The van der Waals surface area contributed by atoms with Crippen LogP contribution in [0, 0.1) is 6.92 Å². The summed E-state index contributed by atoms with van der Waals surface area (Å²) >= 11 is 0. The number of methoxy groups -OCH3 is 1. The summed E-state index contributed by atoms with van der Waals surface area (Å²) in [5.41, 5.74) is 7.66. The molecule has 1 aromatic carbocycles. The van der Waals surface area contributed by atoms with Crippen molar-refractivity contribution in [3.8, 4) is 5.75 Å². The molecule has 0 amide bonds. The van der Waals surface area contributed by atoms with Gasteiger partial charge < -0.3 is 15.0 Å². The average molecular weight is 309 g/mol. The topological polar surface area (TPSA) is 86.3 Å². The van der Waals surface area contributed by atoms with Crippen molar-refractivity contribution >= 4 is 15.7 Å². The Morgan fingerprint density at radius 2 is 2.05 bits per heavy atom. The van der Waals surface area contributed by atoms with E-state index in [1.165, 1.54) is 0 Å². The maximum atomic E-state index is 12.4. The second-order valence-corrected chi connectivity index (χ2v) is 6.45. The van der Waals surface area contributed by atoms with Gasteiger partial charge >= 0.3 is 0 Å². The highest BCUT2D eigenvalue weighted by molar-refractivity contribution is 7.92. The summed E-state index contributed by atoms with van der Waals surface area (Å²) in [4.78, 5) is 0.193. The molecule has 0 saturated carbocycles. The fourth-order valence-corrected chi connectivity index (χ4v) is 3.23. The van der Waals surface area contributed by atoms with Crippen LogP contribution in [-0.4, -0.2) is 20.1 Å². The molecular weight excluding hydrogens is 290 g/mol. The fraction of sp³-hybridized carbons (Fsp3) is 0.286. The van der Waals surface area contributed by atoms with E-state index in [1.54, 1.807) is 49.2 Å². The molecule has 3 N–H and O–H groups in total. The van der Waals surface area contributed by atoms with Crippen molar-refractivity contribution in [3.05, 3.63) is 41.7 Å². The number of nitrogens with two attached hydrogens (primary N) is 1. The molecule has 0 aliphatic heterocycles. The third-order valence-corrected chi connectivity index (χ3v) is 4.60. The fourth-order valence-electron chi connectivity index (χ4n) is 2.08. The third kappa shape index (κ3) is 3.20. The Bertz CT molecular complexity index is 751. The number of hydrogen-bond donors (Lipinski definition) is 2. The van der Waals surface area contributed by atoms with E-state index in [0.29, 0.717) is 11.4 Å². The van der Waals surface area contributed by atoms with Gasteiger partial charge in [0, 0.05) is 31.2 Å². The van der Waals surface area contributed by atoms with Crippen LogP contribution >= 0.6 is 0 Å². The zero-order valence-corrected chi connectivity index (χ0v) is 13.1. The Balaban J connectivity index is 2.30. The smallest absolute Gasteiger partial charge is 0.263 e. The van der Waals surface area contributed by atoms with Gasteiger partial charge in [-0.15, -0.1) is 0 Å². The van der Waals surface area contributed by atoms with Gasteiger partial charge in [0.25, 0.3) is 10.0 Å². The molecule has 0 fully saturated rings. The summed E-state index contributed by atoms with van der Waals surface area (Å²) < 4.78 is 34.1. The van der Waals surface area contributed by atoms with Crippen LogP contribution in [0.4, 0.5) is 5.69 Å². The maximum Gasteiger partial charge on any atom is 0.263 e. The van der Waals surface area contributed by atoms with Crippen LogP contribution in [0.3, 0.4) is 0 Å². The first-order valence-corrected chi connectivity index (χ1v) is 7.88. The van der Waals surface area contributed by atoms with Gasteiger partial charge in [-0.1, -0.05) is 0 Å². The van der Waals surface area contributed by atoms with E-state index in [1.807, 2.05) is 6.92 Å². The monoisotopic (exact) mass is 309 g/mol. The van der Waals surface area contributed by atoms with Crippen molar-refractivity contribution in [1.82, 2.24) is 4.57 Å². The second kappa shape index (κ2) is 5.79. The van der Waals surface area contributed by atoms with Gasteiger partial charge in [-0.25, -0.2) is 8.42 Å². The molecule has 6 nitrogen and oxygen atoms in total. The van der Waals surface area contributed by atoms with Crippen LogP contribution in [0.2, 0.25) is 0 Å². The minimum absolute atomic E-state index is 0.193. The maximum absolute atomic E-state index is 12.4.